The molecule has 1 aromatic rings. The first-order valence-electron chi connectivity index (χ1n) is 5.03. The van der Waals surface area contributed by atoms with Crippen molar-refractivity contribution in [2.75, 3.05) is 19.4 Å². The summed E-state index contributed by atoms with van der Waals surface area (Å²) in [5.74, 6) is -0.287. The summed E-state index contributed by atoms with van der Waals surface area (Å²) in [7, 11) is -3.40. The SMILES string of the molecule is CS(=O)(=O)OCCCNC(=O)c1ccccn1. The number of pyridine rings is 1. The lowest BCUT2D eigenvalue weighted by atomic mass is 10.3. The van der Waals surface area contributed by atoms with Crippen LogP contribution >= 0.6 is 0 Å². The Hall–Kier alpha value is -1.47. The maximum absolute atomic E-state index is 11.5. The molecule has 0 bridgehead atoms. The molecule has 1 aromatic heterocycles. The Balaban J connectivity index is 2.22. The summed E-state index contributed by atoms with van der Waals surface area (Å²) < 4.78 is 25.8. The first kappa shape index (κ1) is 13.6. The van der Waals surface area contributed by atoms with E-state index in [1.165, 1.54) is 6.20 Å². The number of carbonyl (C=O) groups is 1. The second-order valence-corrected chi connectivity index (χ2v) is 4.99. The van der Waals surface area contributed by atoms with Crippen LogP contribution in [0, 0.1) is 0 Å². The predicted octanol–water partition coefficient (Wildman–Crippen LogP) is 0.178. The summed E-state index contributed by atoms with van der Waals surface area (Å²) in [5, 5.41) is 2.61. The van der Waals surface area contributed by atoms with Gasteiger partial charge in [-0.15, -0.1) is 0 Å². The summed E-state index contributed by atoms with van der Waals surface area (Å²) in [6, 6.07) is 5.04. The van der Waals surface area contributed by atoms with Crippen molar-refractivity contribution in [1.29, 1.82) is 0 Å². The van der Waals surface area contributed by atoms with Crippen LogP contribution in [0.1, 0.15) is 16.9 Å². The maximum Gasteiger partial charge on any atom is 0.269 e. The lowest BCUT2D eigenvalue weighted by molar-refractivity contribution is 0.0947. The minimum absolute atomic E-state index is 0.0569. The summed E-state index contributed by atoms with van der Waals surface area (Å²) in [4.78, 5) is 15.3. The van der Waals surface area contributed by atoms with Crippen LogP contribution in [0.2, 0.25) is 0 Å². The third kappa shape index (κ3) is 5.98. The highest BCUT2D eigenvalue weighted by Gasteiger charge is 2.05. The number of aromatic nitrogens is 1. The lowest BCUT2D eigenvalue weighted by Crippen LogP contribution is -2.26. The van der Waals surface area contributed by atoms with Crippen LogP contribution < -0.4 is 5.32 Å². The van der Waals surface area contributed by atoms with Gasteiger partial charge in [-0.1, -0.05) is 6.07 Å². The second kappa shape index (κ2) is 6.31. The van der Waals surface area contributed by atoms with Crippen LogP contribution in [0.15, 0.2) is 24.4 Å². The molecule has 1 rings (SSSR count). The van der Waals surface area contributed by atoms with Crippen molar-refractivity contribution < 1.29 is 17.4 Å². The fraction of sp³-hybridized carbons (Fsp3) is 0.400. The van der Waals surface area contributed by atoms with Gasteiger partial charge in [0.15, 0.2) is 0 Å². The Kier molecular flexibility index (Phi) is 5.05. The maximum atomic E-state index is 11.5. The van der Waals surface area contributed by atoms with Crippen molar-refractivity contribution in [3.63, 3.8) is 0 Å². The third-order valence-electron chi connectivity index (χ3n) is 1.80. The molecule has 0 aliphatic rings. The molecule has 0 saturated carbocycles. The van der Waals surface area contributed by atoms with Crippen molar-refractivity contribution in [1.82, 2.24) is 10.3 Å². The van der Waals surface area contributed by atoms with E-state index in [1.807, 2.05) is 0 Å². The number of nitrogens with zero attached hydrogens (tertiary/aromatic N) is 1. The van der Waals surface area contributed by atoms with Crippen molar-refractivity contribution in [2.45, 2.75) is 6.42 Å². The third-order valence-corrected chi connectivity index (χ3v) is 2.40. The Labute approximate surface area is 100 Å². The van der Waals surface area contributed by atoms with E-state index in [-0.39, 0.29) is 12.5 Å². The van der Waals surface area contributed by atoms with Gasteiger partial charge in [-0.25, -0.2) is 0 Å². The highest BCUT2D eigenvalue weighted by Crippen LogP contribution is 1.93. The van der Waals surface area contributed by atoms with Crippen molar-refractivity contribution in [3.8, 4) is 0 Å². The quantitative estimate of drug-likeness (QED) is 0.581. The topological polar surface area (TPSA) is 85.4 Å². The molecule has 0 saturated heterocycles. The van der Waals surface area contributed by atoms with Gasteiger partial charge in [0.05, 0.1) is 12.9 Å². The van der Waals surface area contributed by atoms with Crippen LogP contribution in [0.4, 0.5) is 0 Å². The Bertz CT molecular complexity index is 458. The van der Waals surface area contributed by atoms with Gasteiger partial charge in [0.2, 0.25) is 0 Å². The van der Waals surface area contributed by atoms with Crippen molar-refractivity contribution >= 4 is 16.0 Å². The molecule has 1 amide bonds. The average molecular weight is 258 g/mol. The normalized spacial score (nSPS) is 11.1. The van der Waals surface area contributed by atoms with Gasteiger partial charge in [0.25, 0.3) is 16.0 Å². The summed E-state index contributed by atoms with van der Waals surface area (Å²) >= 11 is 0. The van der Waals surface area contributed by atoms with E-state index in [0.717, 1.165) is 6.26 Å². The molecule has 0 spiro atoms. The molecule has 17 heavy (non-hydrogen) atoms. The van der Waals surface area contributed by atoms with E-state index < -0.39 is 10.1 Å². The summed E-state index contributed by atoms with van der Waals surface area (Å²) in [6.45, 7) is 0.395. The van der Waals surface area contributed by atoms with Gasteiger partial charge in [-0.05, 0) is 18.6 Å². The van der Waals surface area contributed by atoms with Crippen LogP contribution in [0.5, 0.6) is 0 Å². The van der Waals surface area contributed by atoms with Gasteiger partial charge in [0, 0.05) is 12.7 Å². The number of carbonyl (C=O) groups excluding carboxylic acids is 1. The molecular weight excluding hydrogens is 244 g/mol. The monoisotopic (exact) mass is 258 g/mol. The predicted molar refractivity (Wildman–Crippen MR) is 62.0 cm³/mol. The Morgan fingerprint density at radius 3 is 2.82 bits per heavy atom. The highest BCUT2D eigenvalue weighted by molar-refractivity contribution is 7.85. The number of amides is 1. The second-order valence-electron chi connectivity index (χ2n) is 3.35. The Morgan fingerprint density at radius 2 is 2.24 bits per heavy atom. The van der Waals surface area contributed by atoms with E-state index in [0.29, 0.717) is 18.7 Å². The van der Waals surface area contributed by atoms with E-state index >= 15 is 0 Å². The van der Waals surface area contributed by atoms with Gasteiger partial charge >= 0.3 is 0 Å². The molecular formula is C10H14N2O4S. The first-order chi connectivity index (χ1) is 7.99. The molecule has 0 radical (unpaired) electrons. The fourth-order valence-corrected chi connectivity index (χ4v) is 1.49. The van der Waals surface area contributed by atoms with Crippen LogP contribution in [-0.2, 0) is 14.3 Å². The molecule has 7 heteroatoms. The molecule has 0 unspecified atom stereocenters. The zero-order valence-corrected chi connectivity index (χ0v) is 10.2. The summed E-state index contributed by atoms with van der Waals surface area (Å²) in [6.07, 6.45) is 2.94. The van der Waals surface area contributed by atoms with Crippen molar-refractivity contribution in [3.05, 3.63) is 30.1 Å². The molecule has 1 heterocycles. The molecule has 0 aromatic carbocycles. The molecule has 0 fully saturated rings. The standard InChI is InChI=1S/C10H14N2O4S/c1-17(14,15)16-8-4-7-12-10(13)9-5-2-3-6-11-9/h2-3,5-6H,4,7-8H2,1H3,(H,12,13). The van der Waals surface area contributed by atoms with Gasteiger partial charge in [0.1, 0.15) is 5.69 Å². The highest BCUT2D eigenvalue weighted by atomic mass is 32.2. The molecule has 0 aliphatic heterocycles. The van der Waals surface area contributed by atoms with Crippen LogP contribution in [-0.4, -0.2) is 38.7 Å². The summed E-state index contributed by atoms with van der Waals surface area (Å²) in [5.41, 5.74) is 0.330. The lowest BCUT2D eigenvalue weighted by Gasteiger charge is -2.04. The number of hydrogen-bond donors (Lipinski definition) is 1. The largest absolute Gasteiger partial charge is 0.351 e. The smallest absolute Gasteiger partial charge is 0.269 e. The number of rotatable bonds is 6. The van der Waals surface area contributed by atoms with E-state index in [2.05, 4.69) is 14.5 Å². The number of nitrogens with one attached hydrogen (secondary N) is 1. The van der Waals surface area contributed by atoms with E-state index in [1.54, 1.807) is 18.2 Å². The van der Waals surface area contributed by atoms with Gasteiger partial charge < -0.3 is 5.32 Å². The zero-order valence-electron chi connectivity index (χ0n) is 9.42. The van der Waals surface area contributed by atoms with Crippen molar-refractivity contribution in [2.24, 2.45) is 0 Å². The molecule has 6 nitrogen and oxygen atoms in total. The Morgan fingerprint density at radius 1 is 1.47 bits per heavy atom. The van der Waals surface area contributed by atoms with E-state index in [4.69, 9.17) is 0 Å². The van der Waals surface area contributed by atoms with Crippen LogP contribution in [0.3, 0.4) is 0 Å². The number of hydrogen-bond acceptors (Lipinski definition) is 5. The fourth-order valence-electron chi connectivity index (χ4n) is 1.07. The minimum atomic E-state index is -3.40. The average Bonchev–Trinajstić information content (AvgIpc) is 2.28. The van der Waals surface area contributed by atoms with Crippen LogP contribution in [0.25, 0.3) is 0 Å². The zero-order chi connectivity index (χ0) is 12.7. The minimum Gasteiger partial charge on any atom is -0.351 e. The van der Waals surface area contributed by atoms with Gasteiger partial charge in [-0.3, -0.25) is 14.0 Å². The molecule has 1 N–H and O–H groups in total. The van der Waals surface area contributed by atoms with Gasteiger partial charge in [-0.2, -0.15) is 8.42 Å². The first-order valence-corrected chi connectivity index (χ1v) is 6.84. The molecule has 0 atom stereocenters. The van der Waals surface area contributed by atoms with E-state index in [9.17, 15) is 13.2 Å². The molecule has 0 aliphatic carbocycles. The molecule has 94 valence electrons.